The molecule has 0 bridgehead atoms. The number of carbonyl (C=O) groups is 3. The average molecular weight is 506 g/mol. The second-order valence-corrected chi connectivity index (χ2v) is 9.83. The van der Waals surface area contributed by atoms with Gasteiger partial charge in [-0.15, -0.1) is 0 Å². The third-order valence-electron chi connectivity index (χ3n) is 6.89. The van der Waals surface area contributed by atoms with Crippen molar-refractivity contribution in [2.45, 2.75) is 26.3 Å². The van der Waals surface area contributed by atoms with Gasteiger partial charge in [-0.1, -0.05) is 68.4 Å². The number of nitrogens with zero attached hydrogens (tertiary/aromatic N) is 1. The number of rotatable bonds is 5. The molecule has 38 heavy (non-hydrogen) atoms. The van der Waals surface area contributed by atoms with Crippen LogP contribution in [0.1, 0.15) is 41.0 Å². The summed E-state index contributed by atoms with van der Waals surface area (Å²) in [5, 5.41) is 2.81. The highest BCUT2D eigenvalue weighted by Gasteiger charge is 2.43. The molecule has 5 aromatic rings. The van der Waals surface area contributed by atoms with Crippen molar-refractivity contribution in [3.8, 4) is 5.75 Å². The number of benzene rings is 4. The van der Waals surface area contributed by atoms with Gasteiger partial charge in [0.05, 0.1) is 21.9 Å². The first-order valence-corrected chi connectivity index (χ1v) is 12.4. The van der Waals surface area contributed by atoms with Crippen LogP contribution in [0.2, 0.25) is 0 Å². The van der Waals surface area contributed by atoms with E-state index in [2.05, 4.69) is 0 Å². The number of hydrogen-bond donors (Lipinski definition) is 0. The van der Waals surface area contributed by atoms with Crippen LogP contribution in [-0.2, 0) is 4.79 Å². The lowest BCUT2D eigenvalue weighted by atomic mass is 10.0. The van der Waals surface area contributed by atoms with Crippen molar-refractivity contribution in [1.29, 1.82) is 0 Å². The van der Waals surface area contributed by atoms with Crippen LogP contribution < -0.4 is 10.4 Å². The Labute approximate surface area is 217 Å². The summed E-state index contributed by atoms with van der Waals surface area (Å²) in [6.45, 7) is 3.82. The van der Waals surface area contributed by atoms with Crippen molar-refractivity contribution in [1.82, 2.24) is 4.90 Å². The zero-order chi connectivity index (χ0) is 26.6. The molecule has 7 nitrogen and oxygen atoms in total. The molecule has 0 spiro atoms. The minimum absolute atomic E-state index is 0.0101. The van der Waals surface area contributed by atoms with Crippen LogP contribution in [0.3, 0.4) is 0 Å². The lowest BCUT2D eigenvalue weighted by molar-refractivity contribution is -0.139. The summed E-state index contributed by atoms with van der Waals surface area (Å²) in [6, 6.07) is 21.4. The first-order chi connectivity index (χ1) is 18.3. The Bertz CT molecular complexity index is 1820. The van der Waals surface area contributed by atoms with Gasteiger partial charge in [0, 0.05) is 10.8 Å². The molecule has 188 valence electrons. The number of fused-ring (bicyclic) bond motifs is 6. The summed E-state index contributed by atoms with van der Waals surface area (Å²) < 4.78 is 11.8. The monoisotopic (exact) mass is 505 g/mol. The molecule has 0 radical (unpaired) electrons. The Balaban J connectivity index is 1.51. The largest absolute Gasteiger partial charge is 0.424 e. The van der Waals surface area contributed by atoms with E-state index in [4.69, 9.17) is 9.15 Å². The van der Waals surface area contributed by atoms with Crippen molar-refractivity contribution in [3.63, 3.8) is 0 Å². The van der Waals surface area contributed by atoms with Crippen molar-refractivity contribution < 1.29 is 23.5 Å². The number of imide groups is 1. The van der Waals surface area contributed by atoms with E-state index in [-0.39, 0.29) is 29.2 Å². The lowest BCUT2D eigenvalue weighted by Gasteiger charge is -2.26. The van der Waals surface area contributed by atoms with Crippen molar-refractivity contribution >= 4 is 50.3 Å². The van der Waals surface area contributed by atoms with E-state index >= 15 is 0 Å². The van der Waals surface area contributed by atoms with E-state index in [0.717, 1.165) is 4.90 Å². The van der Waals surface area contributed by atoms with Crippen LogP contribution in [0.15, 0.2) is 88.1 Å². The number of ether oxygens (including phenoxy) is 1. The Morgan fingerprint density at radius 3 is 2.05 bits per heavy atom. The summed E-state index contributed by atoms with van der Waals surface area (Å²) in [7, 11) is 0. The number of esters is 1. The second-order valence-electron chi connectivity index (χ2n) is 9.83. The lowest BCUT2D eigenvalue weighted by Crippen LogP contribution is -2.47. The molecule has 1 aliphatic rings. The summed E-state index contributed by atoms with van der Waals surface area (Å²) in [6.07, 6.45) is 0.228. The van der Waals surface area contributed by atoms with Gasteiger partial charge in [0.1, 0.15) is 11.8 Å². The van der Waals surface area contributed by atoms with Gasteiger partial charge in [-0.2, -0.15) is 0 Å². The third kappa shape index (κ3) is 3.66. The van der Waals surface area contributed by atoms with Crippen LogP contribution in [0, 0.1) is 5.92 Å². The number of amides is 2. The molecule has 0 fully saturated rings. The minimum atomic E-state index is -1.13. The Hall–Kier alpha value is -4.78. The fourth-order valence-electron chi connectivity index (χ4n) is 5.18. The SMILES string of the molecule is CC(C)C[C@@H](C(=O)Oc1cc2ccccc2c2oc(=O)c3ccccc3c12)N1C(=O)c2ccccc2C1=O. The number of hydrogen-bond acceptors (Lipinski definition) is 6. The fourth-order valence-corrected chi connectivity index (χ4v) is 5.18. The van der Waals surface area contributed by atoms with Crippen molar-refractivity contribution in [2.75, 3.05) is 0 Å². The van der Waals surface area contributed by atoms with Gasteiger partial charge in [0.2, 0.25) is 0 Å². The predicted octanol–water partition coefficient (Wildman–Crippen LogP) is 5.72. The van der Waals surface area contributed by atoms with Gasteiger partial charge in [0.15, 0.2) is 5.58 Å². The summed E-state index contributed by atoms with van der Waals surface area (Å²) in [5.41, 5.74) is 0.340. The topological polar surface area (TPSA) is 93.9 Å². The highest BCUT2D eigenvalue weighted by Crippen LogP contribution is 2.38. The number of carbonyl (C=O) groups excluding carboxylic acids is 3. The van der Waals surface area contributed by atoms with Crippen LogP contribution in [0.25, 0.3) is 32.5 Å². The molecule has 4 aromatic carbocycles. The van der Waals surface area contributed by atoms with E-state index in [1.165, 1.54) is 0 Å². The van der Waals surface area contributed by atoms with E-state index in [0.29, 0.717) is 32.5 Å². The Morgan fingerprint density at radius 1 is 0.816 bits per heavy atom. The van der Waals surface area contributed by atoms with Crippen LogP contribution in [0.5, 0.6) is 5.75 Å². The highest BCUT2D eigenvalue weighted by atomic mass is 16.5. The Kier molecular flexibility index (Phi) is 5.56. The normalized spacial score (nSPS) is 14.0. The molecule has 0 N–H and O–H groups in total. The maximum atomic E-state index is 13.8. The summed E-state index contributed by atoms with van der Waals surface area (Å²) >= 11 is 0. The molecule has 7 heteroatoms. The second kappa shape index (κ2) is 8.95. The summed E-state index contributed by atoms with van der Waals surface area (Å²) in [4.78, 5) is 54.1. The third-order valence-corrected chi connectivity index (χ3v) is 6.89. The van der Waals surface area contributed by atoms with E-state index in [1.54, 1.807) is 54.6 Å². The molecule has 0 saturated carbocycles. The van der Waals surface area contributed by atoms with E-state index < -0.39 is 29.5 Å². The van der Waals surface area contributed by atoms with Crippen LogP contribution in [0.4, 0.5) is 0 Å². The molecule has 1 aliphatic heterocycles. The molecule has 6 rings (SSSR count). The maximum Gasteiger partial charge on any atom is 0.344 e. The molecule has 0 aliphatic carbocycles. The van der Waals surface area contributed by atoms with Gasteiger partial charge >= 0.3 is 11.6 Å². The van der Waals surface area contributed by atoms with Crippen molar-refractivity contribution in [2.24, 2.45) is 5.92 Å². The quantitative estimate of drug-likeness (QED) is 0.0998. The zero-order valence-electron chi connectivity index (χ0n) is 20.8. The molecule has 1 aromatic heterocycles. The van der Waals surface area contributed by atoms with Gasteiger partial charge in [-0.05, 0) is 42.0 Å². The van der Waals surface area contributed by atoms with Crippen LogP contribution in [-0.4, -0.2) is 28.7 Å². The smallest absolute Gasteiger partial charge is 0.344 e. The first kappa shape index (κ1) is 23.6. The van der Waals surface area contributed by atoms with Gasteiger partial charge in [-0.3, -0.25) is 14.5 Å². The summed E-state index contributed by atoms with van der Waals surface area (Å²) in [5.74, 6) is -1.60. The van der Waals surface area contributed by atoms with Crippen molar-refractivity contribution in [3.05, 3.63) is 100 Å². The van der Waals surface area contributed by atoms with E-state index in [1.807, 2.05) is 38.1 Å². The molecule has 0 saturated heterocycles. The zero-order valence-corrected chi connectivity index (χ0v) is 20.8. The first-order valence-electron chi connectivity index (χ1n) is 12.4. The molecular weight excluding hydrogens is 482 g/mol. The van der Waals surface area contributed by atoms with Gasteiger partial charge in [0.25, 0.3) is 11.8 Å². The molecule has 0 unspecified atom stereocenters. The van der Waals surface area contributed by atoms with E-state index in [9.17, 15) is 19.2 Å². The minimum Gasteiger partial charge on any atom is -0.424 e. The van der Waals surface area contributed by atoms with Gasteiger partial charge < -0.3 is 9.15 Å². The predicted molar refractivity (Wildman–Crippen MR) is 143 cm³/mol. The average Bonchev–Trinajstić information content (AvgIpc) is 3.17. The highest BCUT2D eigenvalue weighted by molar-refractivity contribution is 6.23. The fraction of sp³-hybridized carbons (Fsp3) is 0.161. The molecule has 1 atom stereocenters. The molecular formula is C31H23NO6. The molecule has 2 heterocycles. The molecule has 2 amide bonds. The maximum absolute atomic E-state index is 13.8. The van der Waals surface area contributed by atoms with Crippen LogP contribution >= 0.6 is 0 Å². The Morgan fingerprint density at radius 2 is 1.39 bits per heavy atom. The van der Waals surface area contributed by atoms with Gasteiger partial charge in [-0.25, -0.2) is 9.59 Å². The standard InChI is InChI=1S/C31H23NO6/c1-17(2)15-24(32-28(33)21-12-6-7-13-22(21)29(32)34)31(36)37-25-16-18-9-3-4-10-19(18)27-26(25)20-11-5-8-14-23(20)30(35)38-27/h3-14,16-17,24H,15H2,1-2H3/t24-/m0/s1.